The van der Waals surface area contributed by atoms with Crippen molar-refractivity contribution in [1.82, 2.24) is 19.9 Å². The minimum Gasteiger partial charge on any atom is -0.419 e. The molecule has 2 heterocycles. The van der Waals surface area contributed by atoms with Crippen LogP contribution in [0.4, 0.5) is 0 Å². The standard InChI is InChI=1S/C17H19ClN4O3S/c1-4-14-21-22-17(25-14)15-10(2)16(11(3)20-15)26(23,24)19-9-12-6-5-7-13(18)8-12/h5-8,19-20H,4,9H2,1-3H3. The lowest BCUT2D eigenvalue weighted by molar-refractivity contribution is 0.511. The highest BCUT2D eigenvalue weighted by molar-refractivity contribution is 7.89. The molecule has 0 fully saturated rings. The molecular formula is C17H19ClN4O3S. The van der Waals surface area contributed by atoms with Crippen LogP contribution in [0.1, 0.15) is 29.6 Å². The molecule has 0 aliphatic heterocycles. The maximum absolute atomic E-state index is 12.8. The maximum Gasteiger partial charge on any atom is 0.264 e. The van der Waals surface area contributed by atoms with E-state index in [0.29, 0.717) is 34.3 Å². The molecule has 0 radical (unpaired) electrons. The van der Waals surface area contributed by atoms with Crippen molar-refractivity contribution in [3.63, 3.8) is 0 Å². The van der Waals surface area contributed by atoms with E-state index >= 15 is 0 Å². The van der Waals surface area contributed by atoms with Gasteiger partial charge in [0, 0.05) is 23.7 Å². The molecule has 0 amide bonds. The highest BCUT2D eigenvalue weighted by atomic mass is 35.5. The summed E-state index contributed by atoms with van der Waals surface area (Å²) in [6.07, 6.45) is 0.609. The van der Waals surface area contributed by atoms with Gasteiger partial charge in [-0.2, -0.15) is 0 Å². The first-order chi connectivity index (χ1) is 12.3. The van der Waals surface area contributed by atoms with Gasteiger partial charge in [0.1, 0.15) is 10.6 Å². The quantitative estimate of drug-likeness (QED) is 0.667. The smallest absolute Gasteiger partial charge is 0.264 e. The zero-order valence-corrected chi connectivity index (χ0v) is 16.2. The van der Waals surface area contributed by atoms with E-state index in [1.54, 1.807) is 38.1 Å². The Morgan fingerprint density at radius 3 is 2.69 bits per heavy atom. The van der Waals surface area contributed by atoms with E-state index in [1.165, 1.54) is 0 Å². The Balaban J connectivity index is 1.90. The number of halogens is 1. The Labute approximate surface area is 156 Å². The third kappa shape index (κ3) is 3.67. The Morgan fingerprint density at radius 2 is 2.04 bits per heavy atom. The topological polar surface area (TPSA) is 101 Å². The number of rotatable bonds is 6. The summed E-state index contributed by atoms with van der Waals surface area (Å²) in [6, 6.07) is 7.04. The van der Waals surface area contributed by atoms with E-state index in [9.17, 15) is 8.42 Å². The van der Waals surface area contributed by atoms with Crippen molar-refractivity contribution in [2.45, 2.75) is 38.6 Å². The van der Waals surface area contributed by atoms with Gasteiger partial charge in [-0.15, -0.1) is 10.2 Å². The Morgan fingerprint density at radius 1 is 1.27 bits per heavy atom. The first kappa shape index (κ1) is 18.6. The molecular weight excluding hydrogens is 376 g/mol. The van der Waals surface area contributed by atoms with Crippen molar-refractivity contribution in [2.24, 2.45) is 0 Å². The molecule has 2 N–H and O–H groups in total. The molecule has 9 heteroatoms. The van der Waals surface area contributed by atoms with Gasteiger partial charge >= 0.3 is 0 Å². The second kappa shape index (κ2) is 7.22. The second-order valence-corrected chi connectivity index (χ2v) is 8.03. The van der Waals surface area contributed by atoms with E-state index in [2.05, 4.69) is 19.9 Å². The fraction of sp³-hybridized carbons (Fsp3) is 0.294. The number of aryl methyl sites for hydroxylation is 2. The molecule has 3 rings (SSSR count). The third-order valence-corrected chi connectivity index (χ3v) is 5.89. The van der Waals surface area contributed by atoms with Crippen LogP contribution in [0.3, 0.4) is 0 Å². The monoisotopic (exact) mass is 394 g/mol. The molecule has 0 atom stereocenters. The van der Waals surface area contributed by atoms with Crippen LogP contribution in [-0.2, 0) is 23.0 Å². The maximum atomic E-state index is 12.8. The van der Waals surface area contributed by atoms with Crippen molar-refractivity contribution in [3.05, 3.63) is 52.0 Å². The van der Waals surface area contributed by atoms with Gasteiger partial charge in [0.15, 0.2) is 0 Å². The summed E-state index contributed by atoms with van der Waals surface area (Å²) < 4.78 is 33.8. The summed E-state index contributed by atoms with van der Waals surface area (Å²) in [5, 5.41) is 8.46. The largest absolute Gasteiger partial charge is 0.419 e. The Bertz CT molecular complexity index is 1040. The van der Waals surface area contributed by atoms with E-state index in [-0.39, 0.29) is 17.3 Å². The van der Waals surface area contributed by atoms with Gasteiger partial charge in [-0.05, 0) is 37.1 Å². The molecule has 0 saturated carbocycles. The van der Waals surface area contributed by atoms with Crippen molar-refractivity contribution in [3.8, 4) is 11.6 Å². The van der Waals surface area contributed by atoms with Gasteiger partial charge in [-0.3, -0.25) is 0 Å². The van der Waals surface area contributed by atoms with Crippen LogP contribution in [0.15, 0.2) is 33.6 Å². The summed E-state index contributed by atoms with van der Waals surface area (Å²) in [5.41, 5.74) is 2.33. The molecule has 0 bridgehead atoms. The number of sulfonamides is 1. The third-order valence-electron chi connectivity index (χ3n) is 3.98. The molecule has 0 aliphatic carbocycles. The summed E-state index contributed by atoms with van der Waals surface area (Å²) in [5.74, 6) is 0.772. The van der Waals surface area contributed by atoms with E-state index in [4.69, 9.17) is 16.0 Å². The highest BCUT2D eigenvalue weighted by Gasteiger charge is 2.26. The van der Waals surface area contributed by atoms with Gasteiger partial charge in [0.25, 0.3) is 5.89 Å². The zero-order chi connectivity index (χ0) is 18.9. The average Bonchev–Trinajstić information content (AvgIpc) is 3.17. The lowest BCUT2D eigenvalue weighted by atomic mass is 10.2. The molecule has 0 spiro atoms. The molecule has 1 aromatic carbocycles. The van der Waals surface area contributed by atoms with Gasteiger partial charge in [0.05, 0.1) is 0 Å². The van der Waals surface area contributed by atoms with Crippen LogP contribution < -0.4 is 4.72 Å². The van der Waals surface area contributed by atoms with Crippen LogP contribution in [0.2, 0.25) is 5.02 Å². The Hall–Kier alpha value is -2.16. The first-order valence-corrected chi connectivity index (χ1v) is 9.94. The number of H-pyrrole nitrogens is 1. The van der Waals surface area contributed by atoms with E-state index in [1.807, 2.05) is 6.92 Å². The zero-order valence-electron chi connectivity index (χ0n) is 14.6. The predicted octanol–water partition coefficient (Wildman–Crippen LogP) is 3.38. The molecule has 26 heavy (non-hydrogen) atoms. The van der Waals surface area contributed by atoms with Crippen LogP contribution in [0.5, 0.6) is 0 Å². The van der Waals surface area contributed by atoms with Gasteiger partial charge in [-0.25, -0.2) is 13.1 Å². The minimum absolute atomic E-state index is 0.142. The molecule has 2 aromatic heterocycles. The number of aromatic nitrogens is 3. The van der Waals surface area contributed by atoms with Crippen molar-refractivity contribution < 1.29 is 12.8 Å². The van der Waals surface area contributed by atoms with Crippen LogP contribution in [0, 0.1) is 13.8 Å². The lowest BCUT2D eigenvalue weighted by Gasteiger charge is -2.08. The molecule has 0 aliphatic rings. The molecule has 0 saturated heterocycles. The van der Waals surface area contributed by atoms with Crippen LogP contribution >= 0.6 is 11.6 Å². The van der Waals surface area contributed by atoms with Crippen molar-refractivity contribution >= 4 is 21.6 Å². The van der Waals surface area contributed by atoms with Crippen LogP contribution in [-0.4, -0.2) is 23.6 Å². The predicted molar refractivity (Wildman–Crippen MR) is 98.4 cm³/mol. The van der Waals surface area contributed by atoms with E-state index < -0.39 is 10.0 Å². The van der Waals surface area contributed by atoms with Crippen molar-refractivity contribution in [1.29, 1.82) is 0 Å². The summed E-state index contributed by atoms with van der Waals surface area (Å²) in [7, 11) is -3.73. The normalized spacial score (nSPS) is 11.8. The highest BCUT2D eigenvalue weighted by Crippen LogP contribution is 2.30. The van der Waals surface area contributed by atoms with Crippen LogP contribution in [0.25, 0.3) is 11.6 Å². The SMILES string of the molecule is CCc1nnc(-c2[nH]c(C)c(S(=O)(=O)NCc3cccc(Cl)c3)c2C)o1. The van der Waals surface area contributed by atoms with E-state index in [0.717, 1.165) is 5.56 Å². The number of hydrogen-bond donors (Lipinski definition) is 2. The number of nitrogens with zero attached hydrogens (tertiary/aromatic N) is 2. The first-order valence-electron chi connectivity index (χ1n) is 8.08. The second-order valence-electron chi connectivity index (χ2n) is 5.89. The van der Waals surface area contributed by atoms with Gasteiger partial charge in [-0.1, -0.05) is 30.7 Å². The average molecular weight is 395 g/mol. The fourth-order valence-electron chi connectivity index (χ4n) is 2.74. The molecule has 138 valence electrons. The molecule has 7 nitrogen and oxygen atoms in total. The lowest BCUT2D eigenvalue weighted by Crippen LogP contribution is -2.24. The van der Waals surface area contributed by atoms with Gasteiger partial charge in [0.2, 0.25) is 15.9 Å². The summed E-state index contributed by atoms with van der Waals surface area (Å²) in [6.45, 7) is 5.45. The summed E-state index contributed by atoms with van der Waals surface area (Å²) in [4.78, 5) is 3.23. The van der Waals surface area contributed by atoms with Crippen molar-refractivity contribution in [2.75, 3.05) is 0 Å². The number of benzene rings is 1. The van der Waals surface area contributed by atoms with Gasteiger partial charge < -0.3 is 9.40 Å². The summed E-state index contributed by atoms with van der Waals surface area (Å²) >= 11 is 5.94. The minimum atomic E-state index is -3.73. The molecule has 3 aromatic rings. The fourth-order valence-corrected chi connectivity index (χ4v) is 4.42. The number of nitrogens with one attached hydrogen (secondary N) is 2. The Kier molecular flexibility index (Phi) is 5.17. The number of aromatic amines is 1. The molecule has 0 unspecified atom stereocenters. The number of hydrogen-bond acceptors (Lipinski definition) is 5.